The molecular weight excluding hydrogens is 266 g/mol. The Hall–Kier alpha value is -2.73. The molecule has 0 saturated heterocycles. The van der Waals surface area contributed by atoms with Crippen LogP contribution in [0.5, 0.6) is 0 Å². The first-order chi connectivity index (χ1) is 10.1. The highest BCUT2D eigenvalue weighted by atomic mass is 16.3. The summed E-state index contributed by atoms with van der Waals surface area (Å²) >= 11 is 0. The number of rotatable bonds is 2. The van der Waals surface area contributed by atoms with E-state index in [4.69, 9.17) is 11.5 Å². The van der Waals surface area contributed by atoms with Crippen LogP contribution >= 0.6 is 0 Å². The van der Waals surface area contributed by atoms with Crippen LogP contribution in [0.25, 0.3) is 22.3 Å². The van der Waals surface area contributed by atoms with Crippen molar-refractivity contribution in [3.05, 3.63) is 41.5 Å². The second-order valence-electron chi connectivity index (χ2n) is 4.86. The lowest BCUT2D eigenvalue weighted by atomic mass is 10.0. The van der Waals surface area contributed by atoms with Crippen molar-refractivity contribution in [1.82, 2.24) is 15.0 Å². The van der Waals surface area contributed by atoms with Gasteiger partial charge in [0.25, 0.3) is 0 Å². The molecule has 2 aromatic heterocycles. The Bertz CT molecular complexity index is 814. The van der Waals surface area contributed by atoms with Gasteiger partial charge in [-0.2, -0.15) is 9.97 Å². The van der Waals surface area contributed by atoms with Gasteiger partial charge in [0.1, 0.15) is 5.82 Å². The Morgan fingerprint density at radius 1 is 1.05 bits per heavy atom. The first kappa shape index (κ1) is 13.3. The van der Waals surface area contributed by atoms with Crippen molar-refractivity contribution < 1.29 is 5.11 Å². The van der Waals surface area contributed by atoms with E-state index in [-0.39, 0.29) is 18.4 Å². The third-order valence-corrected chi connectivity index (χ3v) is 3.31. The standard InChI is InChI=1S/C15H15N5O/c1-8-2-4-9(5-3-8)12-10(7-21)6-11-13(16)19-15(17)20-14(11)18-12/h2-6,21H,7H2,1H3,(H4,16,17,18,19,20). The Balaban J connectivity index is 2.28. The van der Waals surface area contributed by atoms with Crippen molar-refractivity contribution in [2.45, 2.75) is 13.5 Å². The van der Waals surface area contributed by atoms with Crippen LogP contribution in [-0.4, -0.2) is 20.1 Å². The second kappa shape index (κ2) is 4.99. The fourth-order valence-corrected chi connectivity index (χ4v) is 2.22. The van der Waals surface area contributed by atoms with Crippen LogP contribution in [0.15, 0.2) is 30.3 Å². The zero-order valence-electron chi connectivity index (χ0n) is 11.5. The predicted molar refractivity (Wildman–Crippen MR) is 82.3 cm³/mol. The van der Waals surface area contributed by atoms with E-state index in [9.17, 15) is 5.11 Å². The van der Waals surface area contributed by atoms with Crippen LogP contribution in [-0.2, 0) is 6.61 Å². The molecule has 0 aliphatic rings. The number of nitrogen functional groups attached to an aromatic ring is 2. The molecule has 6 nitrogen and oxygen atoms in total. The van der Waals surface area contributed by atoms with Gasteiger partial charge in [-0.1, -0.05) is 29.8 Å². The van der Waals surface area contributed by atoms with E-state index in [2.05, 4.69) is 15.0 Å². The molecule has 0 radical (unpaired) electrons. The quantitative estimate of drug-likeness (QED) is 0.658. The third-order valence-electron chi connectivity index (χ3n) is 3.31. The van der Waals surface area contributed by atoms with E-state index in [1.165, 1.54) is 0 Å². The molecule has 0 saturated carbocycles. The fourth-order valence-electron chi connectivity index (χ4n) is 2.22. The van der Waals surface area contributed by atoms with Gasteiger partial charge in [-0.3, -0.25) is 0 Å². The lowest BCUT2D eigenvalue weighted by Crippen LogP contribution is -2.04. The normalized spacial score (nSPS) is 11.0. The Morgan fingerprint density at radius 2 is 1.76 bits per heavy atom. The highest BCUT2D eigenvalue weighted by Gasteiger charge is 2.12. The van der Waals surface area contributed by atoms with E-state index in [0.29, 0.717) is 22.3 Å². The topological polar surface area (TPSA) is 111 Å². The number of aryl methyl sites for hydroxylation is 1. The predicted octanol–water partition coefficient (Wildman–Crippen LogP) is 1.66. The van der Waals surface area contributed by atoms with Crippen LogP contribution in [0.2, 0.25) is 0 Å². The smallest absolute Gasteiger partial charge is 0.224 e. The molecule has 106 valence electrons. The van der Waals surface area contributed by atoms with E-state index in [1.807, 2.05) is 31.2 Å². The molecule has 0 unspecified atom stereocenters. The summed E-state index contributed by atoms with van der Waals surface area (Å²) in [5, 5.41) is 10.2. The monoisotopic (exact) mass is 281 g/mol. The van der Waals surface area contributed by atoms with E-state index in [0.717, 1.165) is 11.1 Å². The number of hydrogen-bond acceptors (Lipinski definition) is 6. The van der Waals surface area contributed by atoms with Gasteiger partial charge in [0.05, 0.1) is 17.7 Å². The fraction of sp³-hybridized carbons (Fsp3) is 0.133. The zero-order valence-corrected chi connectivity index (χ0v) is 11.5. The number of nitrogens with zero attached hydrogens (tertiary/aromatic N) is 3. The van der Waals surface area contributed by atoms with Crippen LogP contribution in [0, 0.1) is 6.92 Å². The molecule has 0 amide bonds. The van der Waals surface area contributed by atoms with Gasteiger partial charge in [0.15, 0.2) is 5.65 Å². The summed E-state index contributed by atoms with van der Waals surface area (Å²) in [7, 11) is 0. The van der Waals surface area contributed by atoms with Crippen LogP contribution in [0.3, 0.4) is 0 Å². The molecule has 5 N–H and O–H groups in total. The minimum absolute atomic E-state index is 0.0825. The number of aromatic nitrogens is 3. The van der Waals surface area contributed by atoms with E-state index < -0.39 is 0 Å². The van der Waals surface area contributed by atoms with Crippen LogP contribution < -0.4 is 11.5 Å². The summed E-state index contributed by atoms with van der Waals surface area (Å²) < 4.78 is 0. The molecule has 1 aromatic carbocycles. The van der Waals surface area contributed by atoms with E-state index >= 15 is 0 Å². The minimum Gasteiger partial charge on any atom is -0.392 e. The van der Waals surface area contributed by atoms with Gasteiger partial charge in [-0.05, 0) is 13.0 Å². The summed E-state index contributed by atoms with van der Waals surface area (Å²) in [6, 6.07) is 9.65. The third kappa shape index (κ3) is 2.36. The maximum absolute atomic E-state index is 9.59. The SMILES string of the molecule is Cc1ccc(-c2nc3nc(N)nc(N)c3cc2CO)cc1. The summed E-state index contributed by atoms with van der Waals surface area (Å²) in [5.41, 5.74) is 15.3. The number of hydrogen-bond donors (Lipinski definition) is 3. The van der Waals surface area contributed by atoms with Crippen molar-refractivity contribution in [3.63, 3.8) is 0 Å². The lowest BCUT2D eigenvalue weighted by Gasteiger charge is -2.10. The number of nitrogens with two attached hydrogens (primary N) is 2. The molecule has 6 heteroatoms. The molecule has 0 fully saturated rings. The Kier molecular flexibility index (Phi) is 3.15. The summed E-state index contributed by atoms with van der Waals surface area (Å²) in [4.78, 5) is 12.5. The zero-order chi connectivity index (χ0) is 15.0. The molecule has 0 aliphatic carbocycles. The summed E-state index contributed by atoms with van der Waals surface area (Å²) in [6.07, 6.45) is 0. The highest BCUT2D eigenvalue weighted by molar-refractivity contribution is 5.89. The van der Waals surface area contributed by atoms with Crippen LogP contribution in [0.1, 0.15) is 11.1 Å². The maximum Gasteiger partial charge on any atom is 0.224 e. The molecule has 2 heterocycles. The van der Waals surface area contributed by atoms with Crippen molar-refractivity contribution in [2.24, 2.45) is 0 Å². The molecule has 0 aliphatic heterocycles. The number of anilines is 2. The van der Waals surface area contributed by atoms with Crippen molar-refractivity contribution in [1.29, 1.82) is 0 Å². The van der Waals surface area contributed by atoms with Gasteiger partial charge in [-0.25, -0.2) is 4.98 Å². The highest BCUT2D eigenvalue weighted by Crippen LogP contribution is 2.27. The average molecular weight is 281 g/mol. The lowest BCUT2D eigenvalue weighted by molar-refractivity contribution is 0.282. The molecule has 0 spiro atoms. The number of fused-ring (bicyclic) bond motifs is 1. The Morgan fingerprint density at radius 3 is 2.43 bits per heavy atom. The second-order valence-corrected chi connectivity index (χ2v) is 4.86. The number of aliphatic hydroxyl groups excluding tert-OH is 1. The largest absolute Gasteiger partial charge is 0.392 e. The molecule has 0 bridgehead atoms. The molecule has 3 aromatic rings. The first-order valence-electron chi connectivity index (χ1n) is 6.49. The van der Waals surface area contributed by atoms with Gasteiger partial charge in [0, 0.05) is 11.1 Å². The van der Waals surface area contributed by atoms with Crippen molar-refractivity contribution in [3.8, 4) is 11.3 Å². The van der Waals surface area contributed by atoms with Gasteiger partial charge in [-0.15, -0.1) is 0 Å². The summed E-state index contributed by atoms with van der Waals surface area (Å²) in [5.74, 6) is 0.342. The first-order valence-corrected chi connectivity index (χ1v) is 6.49. The number of benzene rings is 1. The summed E-state index contributed by atoms with van der Waals surface area (Å²) in [6.45, 7) is 1.87. The molecule has 0 atom stereocenters. The average Bonchev–Trinajstić information content (AvgIpc) is 2.47. The van der Waals surface area contributed by atoms with Gasteiger partial charge in [0.2, 0.25) is 5.95 Å². The van der Waals surface area contributed by atoms with Crippen molar-refractivity contribution >= 4 is 22.8 Å². The minimum atomic E-state index is -0.143. The molecular formula is C15H15N5O. The number of pyridine rings is 1. The van der Waals surface area contributed by atoms with Crippen LogP contribution in [0.4, 0.5) is 11.8 Å². The van der Waals surface area contributed by atoms with Crippen molar-refractivity contribution in [2.75, 3.05) is 11.5 Å². The Labute approximate surface area is 121 Å². The maximum atomic E-state index is 9.59. The van der Waals surface area contributed by atoms with Gasteiger partial charge < -0.3 is 16.6 Å². The molecule has 3 rings (SSSR count). The van der Waals surface area contributed by atoms with Gasteiger partial charge >= 0.3 is 0 Å². The van der Waals surface area contributed by atoms with E-state index in [1.54, 1.807) is 6.07 Å². The molecule has 21 heavy (non-hydrogen) atoms. The number of aliphatic hydroxyl groups is 1.